The summed E-state index contributed by atoms with van der Waals surface area (Å²) >= 11 is 0. The quantitative estimate of drug-likeness (QED) is 0.389. The lowest BCUT2D eigenvalue weighted by molar-refractivity contribution is -0.118. The molecule has 2 heterocycles. The van der Waals surface area contributed by atoms with Gasteiger partial charge in [0.25, 0.3) is 5.91 Å². The number of benzene rings is 2. The van der Waals surface area contributed by atoms with E-state index in [0.717, 1.165) is 28.0 Å². The number of aromatic amines is 1. The van der Waals surface area contributed by atoms with Gasteiger partial charge in [-0.25, -0.2) is 4.98 Å². The summed E-state index contributed by atoms with van der Waals surface area (Å²) in [7, 11) is 3.64. The number of anilines is 5. The smallest absolute Gasteiger partial charge is 0.252 e. The van der Waals surface area contributed by atoms with Crippen molar-refractivity contribution in [1.82, 2.24) is 9.97 Å². The predicted octanol–water partition coefficient (Wildman–Crippen LogP) is 4.55. The van der Waals surface area contributed by atoms with Gasteiger partial charge < -0.3 is 25.8 Å². The third-order valence-electron chi connectivity index (χ3n) is 5.64. The molecule has 0 spiro atoms. The van der Waals surface area contributed by atoms with Crippen molar-refractivity contribution in [2.45, 2.75) is 13.3 Å². The number of H-pyrrole nitrogens is 1. The number of hydrogen-bond acceptors (Lipinski definition) is 5. The van der Waals surface area contributed by atoms with Crippen molar-refractivity contribution >= 4 is 51.3 Å². The molecule has 4 N–H and O–H groups in total. The zero-order valence-electron chi connectivity index (χ0n) is 18.8. The van der Waals surface area contributed by atoms with Crippen LogP contribution in [0.15, 0.2) is 67.0 Å². The molecule has 0 unspecified atom stereocenters. The minimum atomic E-state index is -0.553. The zero-order chi connectivity index (χ0) is 23.5. The lowest BCUT2D eigenvalue weighted by Crippen LogP contribution is -2.24. The second-order valence-electron chi connectivity index (χ2n) is 7.71. The molecule has 0 saturated heterocycles. The Labute approximate surface area is 192 Å². The van der Waals surface area contributed by atoms with Crippen molar-refractivity contribution < 1.29 is 9.59 Å². The van der Waals surface area contributed by atoms with Crippen molar-refractivity contribution in [2.24, 2.45) is 5.73 Å². The zero-order valence-corrected chi connectivity index (χ0v) is 18.8. The Hall–Kier alpha value is -4.33. The van der Waals surface area contributed by atoms with Gasteiger partial charge in [0.2, 0.25) is 5.91 Å². The molecule has 0 fully saturated rings. The maximum atomic E-state index is 12.1. The van der Waals surface area contributed by atoms with Crippen LogP contribution in [0.3, 0.4) is 0 Å². The number of para-hydroxylation sites is 1. The molecule has 0 atom stereocenters. The number of hydrogen-bond donors (Lipinski definition) is 3. The molecule has 2 aromatic heterocycles. The largest absolute Gasteiger partial charge is 0.365 e. The summed E-state index contributed by atoms with van der Waals surface area (Å²) < 4.78 is 0. The van der Waals surface area contributed by atoms with Gasteiger partial charge in [0, 0.05) is 55.7 Å². The molecule has 2 aromatic carbocycles. The van der Waals surface area contributed by atoms with Crippen LogP contribution in [0.5, 0.6) is 0 Å². The molecule has 2 amide bonds. The number of carbonyl (C=O) groups excluding carboxylic acids is 2. The number of nitrogens with two attached hydrogens (primary N) is 1. The van der Waals surface area contributed by atoms with Gasteiger partial charge in [0.15, 0.2) is 0 Å². The second kappa shape index (κ2) is 9.04. The number of pyridine rings is 1. The van der Waals surface area contributed by atoms with Crippen LogP contribution in [0.4, 0.5) is 28.6 Å². The second-order valence-corrected chi connectivity index (χ2v) is 7.71. The topological polar surface area (TPSA) is 107 Å². The van der Waals surface area contributed by atoms with Gasteiger partial charge in [0.1, 0.15) is 5.82 Å². The first-order valence-electron chi connectivity index (χ1n) is 10.6. The van der Waals surface area contributed by atoms with Gasteiger partial charge >= 0.3 is 0 Å². The standard InChI is InChI=1S/C25H26N6O2/c1-4-23(32)30(2)18-10-8-17(9-11-18)29-22-14-21(19(15-28-22)25(26)33)31(3)20-7-5-6-16-12-13-27-24(16)20/h5-15,27H,4H2,1-3H3,(H2,26,33)(H,28,29). The first-order valence-corrected chi connectivity index (χ1v) is 10.6. The SMILES string of the molecule is CCC(=O)N(C)c1ccc(Nc2cc(N(C)c3cccc4cc[nH]c34)c(C(N)=O)cn2)cc1. The van der Waals surface area contributed by atoms with Crippen molar-refractivity contribution in [2.75, 3.05) is 29.2 Å². The van der Waals surface area contributed by atoms with E-state index >= 15 is 0 Å². The number of nitrogens with one attached hydrogen (secondary N) is 2. The fourth-order valence-corrected chi connectivity index (χ4v) is 3.76. The van der Waals surface area contributed by atoms with Crippen LogP contribution in [0.1, 0.15) is 23.7 Å². The Morgan fingerprint density at radius 3 is 2.52 bits per heavy atom. The Morgan fingerprint density at radius 2 is 1.82 bits per heavy atom. The highest BCUT2D eigenvalue weighted by Gasteiger charge is 2.17. The summed E-state index contributed by atoms with van der Waals surface area (Å²) in [6.07, 6.45) is 3.80. The molecule has 0 saturated carbocycles. The Kier molecular flexibility index (Phi) is 5.99. The van der Waals surface area contributed by atoms with Crippen molar-refractivity contribution in [1.29, 1.82) is 0 Å². The average molecular weight is 443 g/mol. The van der Waals surface area contributed by atoms with Crippen LogP contribution in [-0.2, 0) is 4.79 Å². The van der Waals surface area contributed by atoms with Crippen LogP contribution < -0.4 is 20.9 Å². The molecule has 0 aliphatic rings. The maximum Gasteiger partial charge on any atom is 0.252 e. The highest BCUT2D eigenvalue weighted by molar-refractivity contribution is 6.02. The Balaban J connectivity index is 1.65. The van der Waals surface area contributed by atoms with Crippen LogP contribution in [0.2, 0.25) is 0 Å². The van der Waals surface area contributed by atoms with E-state index in [1.54, 1.807) is 18.0 Å². The number of carbonyl (C=O) groups is 2. The van der Waals surface area contributed by atoms with Crippen molar-refractivity contribution in [3.63, 3.8) is 0 Å². The molecular formula is C25H26N6O2. The molecule has 8 nitrogen and oxygen atoms in total. The minimum Gasteiger partial charge on any atom is -0.365 e. The van der Waals surface area contributed by atoms with Crippen molar-refractivity contribution in [3.8, 4) is 0 Å². The first-order chi connectivity index (χ1) is 15.9. The van der Waals surface area contributed by atoms with E-state index < -0.39 is 5.91 Å². The van der Waals surface area contributed by atoms with Gasteiger partial charge in [-0.2, -0.15) is 0 Å². The van der Waals surface area contributed by atoms with Gasteiger partial charge in [-0.15, -0.1) is 0 Å². The predicted molar refractivity (Wildman–Crippen MR) is 133 cm³/mol. The highest BCUT2D eigenvalue weighted by atomic mass is 16.2. The molecule has 0 aliphatic heterocycles. The fraction of sp³-hybridized carbons (Fsp3) is 0.160. The molecule has 4 rings (SSSR count). The number of aromatic nitrogens is 2. The third kappa shape index (κ3) is 4.36. The van der Waals surface area contributed by atoms with E-state index in [1.807, 2.05) is 73.6 Å². The summed E-state index contributed by atoms with van der Waals surface area (Å²) in [6, 6.07) is 17.2. The number of rotatable bonds is 7. The molecule has 4 aromatic rings. The van der Waals surface area contributed by atoms with Crippen LogP contribution in [0, 0.1) is 0 Å². The lowest BCUT2D eigenvalue weighted by Gasteiger charge is -2.23. The summed E-state index contributed by atoms with van der Waals surface area (Å²) in [4.78, 5) is 35.2. The average Bonchev–Trinajstić information content (AvgIpc) is 3.32. The van der Waals surface area contributed by atoms with E-state index in [4.69, 9.17) is 5.73 Å². The Bertz CT molecular complexity index is 1310. The van der Waals surface area contributed by atoms with Crippen molar-refractivity contribution in [3.05, 3.63) is 72.6 Å². The lowest BCUT2D eigenvalue weighted by atomic mass is 10.1. The Morgan fingerprint density at radius 1 is 1.06 bits per heavy atom. The maximum absolute atomic E-state index is 12.1. The first kappa shape index (κ1) is 21.9. The summed E-state index contributed by atoms with van der Waals surface area (Å²) in [6.45, 7) is 1.83. The normalized spacial score (nSPS) is 10.8. The molecule has 8 heteroatoms. The van der Waals surface area contributed by atoms with Gasteiger partial charge in [-0.1, -0.05) is 19.1 Å². The number of primary amides is 1. The molecule has 0 bridgehead atoms. The van der Waals surface area contributed by atoms with Crippen LogP contribution >= 0.6 is 0 Å². The van der Waals surface area contributed by atoms with Gasteiger partial charge in [-0.05, 0) is 36.4 Å². The summed E-state index contributed by atoms with van der Waals surface area (Å²) in [5.41, 5.74) is 10.1. The molecule has 33 heavy (non-hydrogen) atoms. The van der Waals surface area contributed by atoms with E-state index in [0.29, 0.717) is 23.5 Å². The van der Waals surface area contributed by atoms with Gasteiger partial charge in [0.05, 0.1) is 22.5 Å². The molecule has 168 valence electrons. The van der Waals surface area contributed by atoms with E-state index in [2.05, 4.69) is 15.3 Å². The highest BCUT2D eigenvalue weighted by Crippen LogP contribution is 2.33. The van der Waals surface area contributed by atoms with E-state index in [-0.39, 0.29) is 5.91 Å². The fourth-order valence-electron chi connectivity index (χ4n) is 3.76. The molecule has 0 radical (unpaired) electrons. The summed E-state index contributed by atoms with van der Waals surface area (Å²) in [5, 5.41) is 4.33. The van der Waals surface area contributed by atoms with Crippen LogP contribution in [-0.4, -0.2) is 35.9 Å². The number of fused-ring (bicyclic) bond motifs is 1. The monoisotopic (exact) mass is 442 g/mol. The third-order valence-corrected chi connectivity index (χ3v) is 5.64. The number of amides is 2. The minimum absolute atomic E-state index is 0.0455. The van der Waals surface area contributed by atoms with Gasteiger partial charge in [-0.3, -0.25) is 9.59 Å². The van der Waals surface area contributed by atoms with E-state index in [1.165, 1.54) is 6.20 Å². The molecular weight excluding hydrogens is 416 g/mol. The number of nitrogens with zero attached hydrogens (tertiary/aromatic N) is 3. The summed E-state index contributed by atoms with van der Waals surface area (Å²) in [5.74, 6) is 0.0537. The van der Waals surface area contributed by atoms with Crippen LogP contribution in [0.25, 0.3) is 10.9 Å². The van der Waals surface area contributed by atoms with E-state index in [9.17, 15) is 9.59 Å². The molecule has 0 aliphatic carbocycles.